The van der Waals surface area contributed by atoms with Crippen LogP contribution in [0.1, 0.15) is 31.8 Å². The zero-order valence-electron chi connectivity index (χ0n) is 15.8. The maximum atomic E-state index is 13.0. The molecule has 0 unspecified atom stereocenters. The van der Waals surface area contributed by atoms with Crippen LogP contribution in [-0.2, 0) is 0 Å². The smallest absolute Gasteiger partial charge is 0.194 e. The van der Waals surface area contributed by atoms with Crippen LogP contribution in [0, 0.1) is 0 Å². The van der Waals surface area contributed by atoms with Gasteiger partial charge < -0.3 is 4.23 Å². The molecule has 1 aliphatic rings. The number of hydrogen-bond donors (Lipinski definition) is 0. The molecule has 3 rings (SSSR count). The highest BCUT2D eigenvalue weighted by molar-refractivity contribution is 6.99. The highest BCUT2D eigenvalue weighted by atomic mass is 28.4. The minimum absolute atomic E-state index is 0.0434. The van der Waals surface area contributed by atoms with Gasteiger partial charge in [0, 0.05) is 27.9 Å². The van der Waals surface area contributed by atoms with Crippen LogP contribution in [0.5, 0.6) is 0 Å². The van der Waals surface area contributed by atoms with Crippen molar-refractivity contribution in [1.82, 2.24) is 0 Å². The number of benzene rings is 2. The zero-order valence-corrected chi connectivity index (χ0v) is 17.8. The Labute approximate surface area is 151 Å². The highest BCUT2D eigenvalue weighted by Gasteiger charge is 2.36. The average Bonchev–Trinajstić information content (AvgIpc) is 2.50. The molecule has 2 aromatic rings. The van der Waals surface area contributed by atoms with Crippen molar-refractivity contribution >= 4 is 33.7 Å². The lowest BCUT2D eigenvalue weighted by atomic mass is 9.84. The zero-order chi connectivity index (χ0) is 18.6. The molecule has 0 aromatic heterocycles. The largest absolute Gasteiger partial charge is 0.425 e. The lowest BCUT2D eigenvalue weighted by Gasteiger charge is -2.46. The van der Waals surface area contributed by atoms with Gasteiger partial charge in [0.2, 0.25) is 0 Å². The molecule has 0 saturated carbocycles. The summed E-state index contributed by atoms with van der Waals surface area (Å²) < 4.78 is 2.57. The van der Waals surface area contributed by atoms with E-state index in [0.29, 0.717) is 22.3 Å². The van der Waals surface area contributed by atoms with Crippen molar-refractivity contribution in [3.8, 4) is 0 Å². The number of anilines is 1. The molecule has 130 valence electrons. The van der Waals surface area contributed by atoms with Gasteiger partial charge in [-0.2, -0.15) is 0 Å². The van der Waals surface area contributed by atoms with Crippen molar-refractivity contribution in [2.75, 3.05) is 4.23 Å². The fourth-order valence-electron chi connectivity index (χ4n) is 4.01. The van der Waals surface area contributed by atoms with Crippen molar-refractivity contribution in [2.24, 2.45) is 0 Å². The molecule has 0 bridgehead atoms. The van der Waals surface area contributed by atoms with Crippen molar-refractivity contribution in [3.63, 3.8) is 0 Å². The Morgan fingerprint density at radius 2 is 1.08 bits per heavy atom. The van der Waals surface area contributed by atoms with Gasteiger partial charge in [-0.3, -0.25) is 9.59 Å². The van der Waals surface area contributed by atoms with Gasteiger partial charge in [0.05, 0.1) is 0 Å². The molecule has 0 amide bonds. The van der Waals surface area contributed by atoms with E-state index in [9.17, 15) is 9.59 Å². The predicted molar refractivity (Wildman–Crippen MR) is 109 cm³/mol. The van der Waals surface area contributed by atoms with E-state index in [1.54, 1.807) is 12.1 Å². The Hall–Kier alpha value is -1.99. The summed E-state index contributed by atoms with van der Waals surface area (Å²) in [6, 6.07) is 12.9. The predicted octanol–water partition coefficient (Wildman–Crippen LogP) is 4.94. The molecule has 0 N–H and O–H groups in total. The third-order valence-corrected chi connectivity index (χ3v) is 11.7. The van der Waals surface area contributed by atoms with Crippen molar-refractivity contribution < 1.29 is 9.59 Å². The minimum atomic E-state index is -1.62. The SMILES string of the molecule is C[Si](C)(C)N(c1ccc2c(c1)C(=O)c1ccccc1C2=O)[Si](C)(C)C. The number of carbonyl (C=O) groups excluding carboxylic acids is 2. The molecule has 0 atom stereocenters. The lowest BCUT2D eigenvalue weighted by Crippen LogP contribution is -2.59. The van der Waals surface area contributed by atoms with E-state index in [0.717, 1.165) is 5.69 Å². The van der Waals surface area contributed by atoms with Crippen LogP contribution in [-0.4, -0.2) is 28.0 Å². The van der Waals surface area contributed by atoms with Gasteiger partial charge in [0.1, 0.15) is 16.5 Å². The highest BCUT2D eigenvalue weighted by Crippen LogP contribution is 2.34. The quantitative estimate of drug-likeness (QED) is 0.615. The first-order valence-corrected chi connectivity index (χ1v) is 15.5. The lowest BCUT2D eigenvalue weighted by molar-refractivity contribution is 0.0979. The molecule has 0 radical (unpaired) electrons. The van der Waals surface area contributed by atoms with Crippen molar-refractivity contribution in [2.45, 2.75) is 39.3 Å². The molecule has 2 aromatic carbocycles. The Morgan fingerprint density at radius 1 is 0.640 bits per heavy atom. The van der Waals surface area contributed by atoms with Gasteiger partial charge in [-0.05, 0) is 18.2 Å². The Morgan fingerprint density at radius 3 is 1.56 bits per heavy atom. The summed E-state index contributed by atoms with van der Waals surface area (Å²) in [4.78, 5) is 25.8. The van der Waals surface area contributed by atoms with Crippen molar-refractivity contribution in [3.05, 3.63) is 64.7 Å². The molecule has 3 nitrogen and oxygen atoms in total. The van der Waals surface area contributed by atoms with E-state index in [4.69, 9.17) is 0 Å². The summed E-state index contributed by atoms with van der Waals surface area (Å²) in [6.45, 7) is 14.0. The normalized spacial score (nSPS) is 14.2. The summed E-state index contributed by atoms with van der Waals surface area (Å²) >= 11 is 0. The molecule has 1 aliphatic carbocycles. The van der Waals surface area contributed by atoms with Gasteiger partial charge >= 0.3 is 0 Å². The number of rotatable bonds is 3. The summed E-state index contributed by atoms with van der Waals surface area (Å²) in [5, 5.41) is 0. The maximum Gasteiger partial charge on any atom is 0.194 e. The van der Waals surface area contributed by atoms with Gasteiger partial charge in [-0.25, -0.2) is 0 Å². The summed E-state index contributed by atoms with van der Waals surface area (Å²) in [5.41, 5.74) is 3.18. The second-order valence-corrected chi connectivity index (χ2v) is 18.6. The molecular weight excluding hydrogens is 342 g/mol. The van der Waals surface area contributed by atoms with Crippen LogP contribution in [0.15, 0.2) is 42.5 Å². The number of hydrogen-bond acceptors (Lipinski definition) is 3. The molecular formula is C20H25NO2Si2. The number of ketones is 2. The first-order chi connectivity index (χ1) is 11.5. The molecule has 0 heterocycles. The average molecular weight is 368 g/mol. The van der Waals surface area contributed by atoms with Crippen LogP contribution in [0.3, 0.4) is 0 Å². The molecule has 25 heavy (non-hydrogen) atoms. The molecule has 5 heteroatoms. The second-order valence-electron chi connectivity index (χ2n) is 8.61. The molecule has 0 spiro atoms. The van der Waals surface area contributed by atoms with Gasteiger partial charge in [-0.1, -0.05) is 63.5 Å². The van der Waals surface area contributed by atoms with Crippen LogP contribution in [0.4, 0.5) is 5.69 Å². The monoisotopic (exact) mass is 367 g/mol. The van der Waals surface area contributed by atoms with E-state index in [1.165, 1.54) is 0 Å². The van der Waals surface area contributed by atoms with E-state index in [2.05, 4.69) is 43.5 Å². The molecule has 0 fully saturated rings. The summed E-state index contributed by atoms with van der Waals surface area (Å²) in [5.74, 6) is -0.0949. The Kier molecular flexibility index (Phi) is 4.12. The Bertz CT molecular complexity index is 862. The fourth-order valence-corrected chi connectivity index (χ4v) is 13.9. The molecule has 0 aliphatic heterocycles. The van der Waals surface area contributed by atoms with Gasteiger partial charge in [0.25, 0.3) is 0 Å². The van der Waals surface area contributed by atoms with Crippen LogP contribution in [0.25, 0.3) is 0 Å². The van der Waals surface area contributed by atoms with E-state index in [1.807, 2.05) is 30.3 Å². The third kappa shape index (κ3) is 3.02. The number of fused-ring (bicyclic) bond motifs is 2. The third-order valence-electron chi connectivity index (χ3n) is 4.51. The van der Waals surface area contributed by atoms with E-state index >= 15 is 0 Å². The van der Waals surface area contributed by atoms with Gasteiger partial charge in [-0.15, -0.1) is 0 Å². The Balaban J connectivity index is 2.18. The fraction of sp³-hybridized carbons (Fsp3) is 0.300. The van der Waals surface area contributed by atoms with E-state index in [-0.39, 0.29) is 11.6 Å². The topological polar surface area (TPSA) is 37.4 Å². The standard InChI is InChI=1S/C20H25NO2Si2/c1-24(2,3)21(25(4,5)6)14-11-12-17-18(13-14)20(23)16-10-8-7-9-15(16)19(17)22/h7-13H,1-6H3. The second kappa shape index (κ2) is 5.78. The first-order valence-electron chi connectivity index (χ1n) is 8.64. The van der Waals surface area contributed by atoms with Crippen LogP contribution < -0.4 is 4.23 Å². The molecule has 0 saturated heterocycles. The summed E-state index contributed by atoms with van der Waals surface area (Å²) in [6.07, 6.45) is 0. The number of nitrogens with zero attached hydrogens (tertiary/aromatic N) is 1. The number of carbonyl (C=O) groups is 2. The van der Waals surface area contributed by atoms with Crippen LogP contribution >= 0.6 is 0 Å². The van der Waals surface area contributed by atoms with Crippen molar-refractivity contribution in [1.29, 1.82) is 0 Å². The first kappa shape index (κ1) is 17.8. The van der Waals surface area contributed by atoms with Crippen LogP contribution in [0.2, 0.25) is 39.3 Å². The van der Waals surface area contributed by atoms with Gasteiger partial charge in [0.15, 0.2) is 11.6 Å². The minimum Gasteiger partial charge on any atom is -0.425 e. The van der Waals surface area contributed by atoms with E-state index < -0.39 is 16.5 Å². The maximum absolute atomic E-state index is 13.0. The summed E-state index contributed by atoms with van der Waals surface area (Å²) in [7, 11) is -3.24.